The largest absolute Gasteiger partial charge is 0.481 e. The van der Waals surface area contributed by atoms with Gasteiger partial charge < -0.3 is 60.8 Å². The van der Waals surface area contributed by atoms with E-state index in [1.165, 1.54) is 0 Å². The van der Waals surface area contributed by atoms with Gasteiger partial charge in [0.1, 0.15) is 6.04 Å². The Labute approximate surface area is 345 Å². The normalized spacial score (nSPS) is 15.9. The topological polar surface area (TPSA) is 352 Å². The molecule has 60 heavy (non-hydrogen) atoms. The molecule has 0 bridgehead atoms. The summed E-state index contributed by atoms with van der Waals surface area (Å²) in [6, 6.07) is -1.41. The number of aliphatic carboxylic acids is 6. The highest BCUT2D eigenvalue weighted by atomic mass is 16.6. The fourth-order valence-electron chi connectivity index (χ4n) is 5.63. The number of unbranched alkanes of at least 4 members (excludes halogenated alkanes) is 1. The zero-order valence-electron chi connectivity index (χ0n) is 33.5. The summed E-state index contributed by atoms with van der Waals surface area (Å²) >= 11 is 0. The van der Waals surface area contributed by atoms with Crippen molar-refractivity contribution in [3.63, 3.8) is 0 Å². The number of alkyl carbamates (subject to hydrolysis) is 1. The Morgan fingerprint density at radius 2 is 0.950 bits per heavy atom. The van der Waals surface area contributed by atoms with E-state index in [2.05, 4.69) is 15.4 Å². The van der Waals surface area contributed by atoms with Gasteiger partial charge in [-0.15, -0.1) is 0 Å². The molecule has 342 valence electrons. The third kappa shape index (κ3) is 27.5. The summed E-state index contributed by atoms with van der Waals surface area (Å²) in [7, 11) is 0. The third-order valence-electron chi connectivity index (χ3n) is 8.76. The summed E-state index contributed by atoms with van der Waals surface area (Å²) in [5, 5.41) is 62.6. The molecule has 9 N–H and O–H groups in total. The van der Waals surface area contributed by atoms with Gasteiger partial charge in [0.15, 0.2) is 0 Å². The van der Waals surface area contributed by atoms with Gasteiger partial charge in [-0.3, -0.25) is 48.4 Å². The number of hydrogen-bond donors (Lipinski definition) is 9. The summed E-state index contributed by atoms with van der Waals surface area (Å²) in [6.45, 7) is 2.33. The van der Waals surface area contributed by atoms with Crippen LogP contribution in [-0.2, 0) is 52.6 Å². The van der Waals surface area contributed by atoms with E-state index in [1.807, 2.05) is 5.32 Å². The van der Waals surface area contributed by atoms with Gasteiger partial charge in [0.05, 0.1) is 52.6 Å². The zero-order chi connectivity index (χ0) is 44.9. The van der Waals surface area contributed by atoms with Gasteiger partial charge in [-0.2, -0.15) is 0 Å². The molecule has 1 heterocycles. The molecule has 0 spiro atoms. The maximum Gasteiger partial charge on any atom is 0.408 e. The lowest BCUT2D eigenvalue weighted by molar-refractivity contribution is -0.148. The van der Waals surface area contributed by atoms with E-state index in [0.29, 0.717) is 19.5 Å². The number of rotatable bonds is 29. The standard InChI is InChI=1S/C35H59N7O18/c43-27(36-7-2-1-3-25(33(53)54)38-35(57)60-26(34(55)56)4-5-29(45)46)6-17-58-19-20-59-18-8-37-28(44)21-39-9-11-40(22-30(47)48)13-15-42(24-32(51)52)16-14-41(12-10-39)23-31(49)50/h25-26H,1-24H2,(H,36,43)(H,37,44)(H,38,57)(H,45,46)(H,47,48)(H,49,50)(H,51,52)(H,53,54)(H,55,56)/t25-,26-/m0/s1. The van der Waals surface area contributed by atoms with Crippen LogP contribution in [0.4, 0.5) is 4.79 Å². The fourth-order valence-corrected chi connectivity index (χ4v) is 5.63. The molecule has 0 radical (unpaired) electrons. The smallest absolute Gasteiger partial charge is 0.408 e. The highest BCUT2D eigenvalue weighted by molar-refractivity contribution is 5.82. The van der Waals surface area contributed by atoms with E-state index in [0.717, 1.165) is 0 Å². The summed E-state index contributed by atoms with van der Waals surface area (Å²) < 4.78 is 15.5. The zero-order valence-corrected chi connectivity index (χ0v) is 33.5. The van der Waals surface area contributed by atoms with E-state index in [9.17, 15) is 63.6 Å². The van der Waals surface area contributed by atoms with Crippen LogP contribution in [0.5, 0.6) is 0 Å². The summed E-state index contributed by atoms with van der Waals surface area (Å²) in [6.07, 6.45) is -3.55. The number of ether oxygens (including phenoxy) is 3. The van der Waals surface area contributed by atoms with E-state index in [1.54, 1.807) is 19.6 Å². The van der Waals surface area contributed by atoms with Gasteiger partial charge in [-0.25, -0.2) is 14.4 Å². The second kappa shape index (κ2) is 30.8. The minimum absolute atomic E-state index is 0.0373. The summed E-state index contributed by atoms with van der Waals surface area (Å²) in [4.78, 5) is 111. The molecule has 1 fully saturated rings. The van der Waals surface area contributed by atoms with Crippen LogP contribution in [0.1, 0.15) is 38.5 Å². The molecule has 0 saturated carbocycles. The molecule has 2 atom stereocenters. The number of amides is 3. The highest BCUT2D eigenvalue weighted by Gasteiger charge is 2.27. The number of carboxylic acid groups (broad SMARTS) is 6. The molecule has 1 aliphatic rings. The lowest BCUT2D eigenvalue weighted by Gasteiger charge is -2.32. The van der Waals surface area contributed by atoms with Crippen LogP contribution in [0.15, 0.2) is 0 Å². The van der Waals surface area contributed by atoms with E-state index in [-0.39, 0.29) is 136 Å². The Morgan fingerprint density at radius 3 is 1.40 bits per heavy atom. The Balaban J connectivity index is 2.33. The lowest BCUT2D eigenvalue weighted by atomic mass is 10.1. The Hall–Kier alpha value is -5.21. The average molecular weight is 866 g/mol. The van der Waals surface area contributed by atoms with E-state index < -0.39 is 66.9 Å². The molecular weight excluding hydrogens is 806 g/mol. The molecule has 1 rings (SSSR count). The van der Waals surface area contributed by atoms with Crippen LogP contribution < -0.4 is 16.0 Å². The molecular formula is C35H59N7O18. The van der Waals surface area contributed by atoms with Crippen LogP contribution in [0, 0.1) is 0 Å². The number of carbonyl (C=O) groups excluding carboxylic acids is 3. The number of nitrogens with zero attached hydrogens (tertiary/aromatic N) is 4. The van der Waals surface area contributed by atoms with Gasteiger partial charge in [-0.1, -0.05) is 0 Å². The number of carbonyl (C=O) groups is 9. The molecule has 25 nitrogen and oxygen atoms in total. The van der Waals surface area contributed by atoms with E-state index in [4.69, 9.17) is 19.7 Å². The van der Waals surface area contributed by atoms with Gasteiger partial charge in [0, 0.05) is 84.7 Å². The van der Waals surface area contributed by atoms with Gasteiger partial charge >= 0.3 is 41.9 Å². The number of hydrogen-bond acceptors (Lipinski definition) is 16. The molecule has 0 aliphatic carbocycles. The Morgan fingerprint density at radius 1 is 0.483 bits per heavy atom. The van der Waals surface area contributed by atoms with Crippen molar-refractivity contribution >= 4 is 53.7 Å². The quantitative estimate of drug-likeness (QED) is 0.0334. The molecule has 0 aromatic rings. The van der Waals surface area contributed by atoms with Crippen LogP contribution in [-0.4, -0.2) is 234 Å². The predicted molar refractivity (Wildman–Crippen MR) is 204 cm³/mol. The van der Waals surface area contributed by atoms with Gasteiger partial charge in [-0.05, 0) is 19.3 Å². The maximum atomic E-state index is 12.8. The van der Waals surface area contributed by atoms with Crippen molar-refractivity contribution in [1.82, 2.24) is 35.6 Å². The average Bonchev–Trinajstić information content (AvgIpc) is 3.15. The first-order valence-corrected chi connectivity index (χ1v) is 19.3. The Kier molecular flexibility index (Phi) is 27.1. The van der Waals surface area contributed by atoms with Crippen molar-refractivity contribution < 1.29 is 88.0 Å². The molecule has 1 saturated heterocycles. The van der Waals surface area contributed by atoms with Crippen molar-refractivity contribution in [2.45, 2.75) is 50.7 Å². The lowest BCUT2D eigenvalue weighted by Crippen LogP contribution is -2.50. The molecule has 25 heteroatoms. The summed E-state index contributed by atoms with van der Waals surface area (Å²) in [5.74, 6) is -8.06. The van der Waals surface area contributed by atoms with Crippen molar-refractivity contribution in [2.75, 3.05) is 118 Å². The van der Waals surface area contributed by atoms with Gasteiger partial charge in [0.2, 0.25) is 17.9 Å². The maximum absolute atomic E-state index is 12.8. The first-order chi connectivity index (χ1) is 28.4. The van der Waals surface area contributed by atoms with Crippen LogP contribution >= 0.6 is 0 Å². The highest BCUT2D eigenvalue weighted by Crippen LogP contribution is 2.07. The molecule has 0 unspecified atom stereocenters. The summed E-state index contributed by atoms with van der Waals surface area (Å²) in [5.41, 5.74) is 0. The second-order valence-electron chi connectivity index (χ2n) is 13.7. The van der Waals surface area contributed by atoms with Crippen LogP contribution in [0.3, 0.4) is 0 Å². The number of carboxylic acids is 6. The second-order valence-corrected chi connectivity index (χ2v) is 13.7. The molecule has 0 aromatic heterocycles. The van der Waals surface area contributed by atoms with Crippen molar-refractivity contribution in [3.05, 3.63) is 0 Å². The first kappa shape index (κ1) is 52.8. The third-order valence-corrected chi connectivity index (χ3v) is 8.76. The monoisotopic (exact) mass is 865 g/mol. The van der Waals surface area contributed by atoms with Crippen molar-refractivity contribution in [1.29, 1.82) is 0 Å². The van der Waals surface area contributed by atoms with Crippen LogP contribution in [0.2, 0.25) is 0 Å². The minimum atomic E-state index is -1.77. The molecule has 0 aromatic carbocycles. The van der Waals surface area contributed by atoms with Crippen LogP contribution in [0.25, 0.3) is 0 Å². The molecule has 3 amide bonds. The number of nitrogens with one attached hydrogen (secondary N) is 3. The minimum Gasteiger partial charge on any atom is -0.481 e. The fraction of sp³-hybridized carbons (Fsp3) is 0.743. The van der Waals surface area contributed by atoms with Gasteiger partial charge in [0.25, 0.3) is 0 Å². The van der Waals surface area contributed by atoms with E-state index >= 15 is 0 Å². The predicted octanol–water partition coefficient (Wildman–Crippen LogP) is -3.21. The SMILES string of the molecule is O=C(O)CC[C@H](OC(=O)N[C@@H](CCCCNC(=O)CCOCCOCCNC(=O)CN1CCN(CC(=O)O)CCN(CC(=O)O)CCN(CC(=O)O)CC1)C(=O)O)C(=O)O. The van der Waals surface area contributed by atoms with Crippen molar-refractivity contribution in [3.8, 4) is 0 Å². The van der Waals surface area contributed by atoms with Crippen molar-refractivity contribution in [2.24, 2.45) is 0 Å². The first-order valence-electron chi connectivity index (χ1n) is 19.3. The Bertz CT molecular complexity index is 1370. The molecule has 1 aliphatic heterocycles.